The van der Waals surface area contributed by atoms with Crippen LogP contribution in [0.3, 0.4) is 0 Å². The summed E-state index contributed by atoms with van der Waals surface area (Å²) in [4.78, 5) is 0. The molecule has 3 nitrogen and oxygen atoms in total. The number of benzene rings is 1. The summed E-state index contributed by atoms with van der Waals surface area (Å²) in [6.07, 6.45) is 2.20. The van der Waals surface area contributed by atoms with E-state index >= 15 is 0 Å². The van der Waals surface area contributed by atoms with Gasteiger partial charge in [-0.2, -0.15) is 0 Å². The molecule has 1 unspecified atom stereocenters. The molecular formula is C16H27NO2. The van der Waals surface area contributed by atoms with Gasteiger partial charge < -0.3 is 14.8 Å². The number of methoxy groups -OCH3 is 2. The predicted octanol–water partition coefficient (Wildman–Crippen LogP) is 2.43. The van der Waals surface area contributed by atoms with Gasteiger partial charge in [-0.3, -0.25) is 0 Å². The van der Waals surface area contributed by atoms with Gasteiger partial charge in [0.15, 0.2) is 0 Å². The van der Waals surface area contributed by atoms with Crippen LogP contribution >= 0.6 is 0 Å². The lowest BCUT2D eigenvalue weighted by molar-refractivity contribution is 0.172. The molecule has 0 aliphatic carbocycles. The molecule has 0 saturated carbocycles. The second kappa shape index (κ2) is 9.96. The van der Waals surface area contributed by atoms with Crippen molar-refractivity contribution in [3.8, 4) is 0 Å². The summed E-state index contributed by atoms with van der Waals surface area (Å²) >= 11 is 0. The Balaban J connectivity index is 2.46. The summed E-state index contributed by atoms with van der Waals surface area (Å²) < 4.78 is 10.3. The third-order valence-corrected chi connectivity index (χ3v) is 3.42. The molecule has 0 bridgehead atoms. The van der Waals surface area contributed by atoms with Crippen LogP contribution in [-0.2, 0) is 15.9 Å². The van der Waals surface area contributed by atoms with E-state index in [1.54, 1.807) is 14.2 Å². The molecule has 0 heterocycles. The summed E-state index contributed by atoms with van der Waals surface area (Å²) in [5, 5.41) is 3.45. The molecule has 1 aromatic carbocycles. The van der Waals surface area contributed by atoms with E-state index in [2.05, 4.69) is 36.5 Å². The minimum Gasteiger partial charge on any atom is -0.385 e. The smallest absolute Gasteiger partial charge is 0.0587 e. The molecule has 0 saturated heterocycles. The Morgan fingerprint density at radius 3 is 2.53 bits per heavy atom. The first-order valence-electron chi connectivity index (χ1n) is 7.01. The minimum atomic E-state index is 0.609. The Labute approximate surface area is 117 Å². The maximum Gasteiger partial charge on any atom is 0.0587 e. The van der Waals surface area contributed by atoms with E-state index in [0.29, 0.717) is 5.92 Å². The maximum absolute atomic E-state index is 5.22. The van der Waals surface area contributed by atoms with Gasteiger partial charge in [-0.05, 0) is 43.4 Å². The summed E-state index contributed by atoms with van der Waals surface area (Å²) in [5.41, 5.74) is 2.82. The lowest BCUT2D eigenvalue weighted by Crippen LogP contribution is -2.28. The van der Waals surface area contributed by atoms with Crippen LogP contribution in [0.1, 0.15) is 17.5 Å². The second-order valence-electron chi connectivity index (χ2n) is 4.98. The predicted molar refractivity (Wildman–Crippen MR) is 79.6 cm³/mol. The van der Waals surface area contributed by atoms with Gasteiger partial charge in [0.05, 0.1) is 6.61 Å². The van der Waals surface area contributed by atoms with Gasteiger partial charge in [-0.25, -0.2) is 0 Å². The van der Waals surface area contributed by atoms with Gasteiger partial charge in [0, 0.05) is 27.4 Å². The molecular weight excluding hydrogens is 238 g/mol. The third-order valence-electron chi connectivity index (χ3n) is 3.42. The second-order valence-corrected chi connectivity index (χ2v) is 4.98. The maximum atomic E-state index is 5.22. The molecule has 1 atom stereocenters. The van der Waals surface area contributed by atoms with E-state index in [4.69, 9.17) is 9.47 Å². The van der Waals surface area contributed by atoms with Crippen molar-refractivity contribution in [3.05, 3.63) is 35.4 Å². The molecule has 0 aliphatic heterocycles. The molecule has 0 amide bonds. The van der Waals surface area contributed by atoms with E-state index in [1.165, 1.54) is 11.1 Å². The average molecular weight is 265 g/mol. The Hall–Kier alpha value is -0.900. The minimum absolute atomic E-state index is 0.609. The van der Waals surface area contributed by atoms with E-state index < -0.39 is 0 Å². The van der Waals surface area contributed by atoms with Crippen LogP contribution in [0.25, 0.3) is 0 Å². The monoisotopic (exact) mass is 265 g/mol. The summed E-state index contributed by atoms with van der Waals surface area (Å²) in [5.74, 6) is 0.609. The van der Waals surface area contributed by atoms with Crippen LogP contribution in [0, 0.1) is 12.8 Å². The SMILES string of the molecule is COCCNCC(CCOC)Cc1ccccc1C. The van der Waals surface area contributed by atoms with Gasteiger partial charge >= 0.3 is 0 Å². The molecule has 0 aliphatic rings. The van der Waals surface area contributed by atoms with Crippen LogP contribution in [-0.4, -0.2) is 40.5 Å². The first-order chi connectivity index (χ1) is 9.27. The zero-order chi connectivity index (χ0) is 13.9. The zero-order valence-corrected chi connectivity index (χ0v) is 12.4. The average Bonchev–Trinajstić information content (AvgIpc) is 2.43. The quantitative estimate of drug-likeness (QED) is 0.659. The van der Waals surface area contributed by atoms with Gasteiger partial charge in [0.25, 0.3) is 0 Å². The standard InChI is InChI=1S/C16H27NO2/c1-14-6-4-5-7-16(14)12-15(8-10-18-2)13-17-9-11-19-3/h4-7,15,17H,8-13H2,1-3H3. The number of aryl methyl sites for hydroxylation is 1. The van der Waals surface area contributed by atoms with Crippen molar-refractivity contribution >= 4 is 0 Å². The Bertz CT molecular complexity index is 341. The fourth-order valence-corrected chi connectivity index (χ4v) is 2.19. The van der Waals surface area contributed by atoms with Crippen LogP contribution in [0.5, 0.6) is 0 Å². The van der Waals surface area contributed by atoms with E-state index in [-0.39, 0.29) is 0 Å². The van der Waals surface area contributed by atoms with Crippen LogP contribution in [0.2, 0.25) is 0 Å². The number of ether oxygens (including phenoxy) is 2. The molecule has 1 N–H and O–H groups in total. The van der Waals surface area contributed by atoms with E-state index in [0.717, 1.165) is 39.1 Å². The van der Waals surface area contributed by atoms with Gasteiger partial charge in [0.2, 0.25) is 0 Å². The van der Waals surface area contributed by atoms with Crippen molar-refractivity contribution < 1.29 is 9.47 Å². The highest BCUT2D eigenvalue weighted by atomic mass is 16.5. The first kappa shape index (κ1) is 16.2. The highest BCUT2D eigenvalue weighted by Gasteiger charge is 2.10. The van der Waals surface area contributed by atoms with Crippen LogP contribution < -0.4 is 5.32 Å². The molecule has 0 fully saturated rings. The van der Waals surface area contributed by atoms with E-state index in [1.807, 2.05) is 0 Å². The third kappa shape index (κ3) is 6.71. The van der Waals surface area contributed by atoms with Crippen molar-refractivity contribution in [2.45, 2.75) is 19.8 Å². The normalized spacial score (nSPS) is 12.6. The number of nitrogens with one attached hydrogen (secondary N) is 1. The molecule has 0 radical (unpaired) electrons. The molecule has 1 aromatic rings. The Morgan fingerprint density at radius 1 is 1.11 bits per heavy atom. The van der Waals surface area contributed by atoms with Crippen molar-refractivity contribution in [2.24, 2.45) is 5.92 Å². The van der Waals surface area contributed by atoms with Crippen LogP contribution in [0.4, 0.5) is 0 Å². The zero-order valence-electron chi connectivity index (χ0n) is 12.4. The van der Waals surface area contributed by atoms with Crippen molar-refractivity contribution in [1.29, 1.82) is 0 Å². The molecule has 108 valence electrons. The van der Waals surface area contributed by atoms with Gasteiger partial charge in [-0.15, -0.1) is 0 Å². The fraction of sp³-hybridized carbons (Fsp3) is 0.625. The fourth-order valence-electron chi connectivity index (χ4n) is 2.19. The highest BCUT2D eigenvalue weighted by Crippen LogP contribution is 2.15. The Morgan fingerprint density at radius 2 is 1.84 bits per heavy atom. The van der Waals surface area contributed by atoms with Gasteiger partial charge in [-0.1, -0.05) is 24.3 Å². The molecule has 1 rings (SSSR count). The van der Waals surface area contributed by atoms with Crippen molar-refractivity contribution in [3.63, 3.8) is 0 Å². The van der Waals surface area contributed by atoms with Crippen LogP contribution in [0.15, 0.2) is 24.3 Å². The number of rotatable bonds is 10. The highest BCUT2D eigenvalue weighted by molar-refractivity contribution is 5.25. The summed E-state index contributed by atoms with van der Waals surface area (Å²) in [7, 11) is 3.50. The summed E-state index contributed by atoms with van der Waals surface area (Å²) in [6, 6.07) is 8.62. The lowest BCUT2D eigenvalue weighted by atomic mass is 9.94. The van der Waals surface area contributed by atoms with Crippen molar-refractivity contribution in [1.82, 2.24) is 5.32 Å². The number of hydrogen-bond acceptors (Lipinski definition) is 3. The topological polar surface area (TPSA) is 30.5 Å². The molecule has 19 heavy (non-hydrogen) atoms. The van der Waals surface area contributed by atoms with E-state index in [9.17, 15) is 0 Å². The van der Waals surface area contributed by atoms with Crippen molar-refractivity contribution in [2.75, 3.05) is 40.5 Å². The Kier molecular flexibility index (Phi) is 8.47. The molecule has 0 spiro atoms. The molecule has 3 heteroatoms. The summed E-state index contributed by atoms with van der Waals surface area (Å²) in [6.45, 7) is 5.69. The number of hydrogen-bond donors (Lipinski definition) is 1. The first-order valence-corrected chi connectivity index (χ1v) is 7.01. The largest absolute Gasteiger partial charge is 0.385 e. The lowest BCUT2D eigenvalue weighted by Gasteiger charge is -2.18. The van der Waals surface area contributed by atoms with Gasteiger partial charge in [0.1, 0.15) is 0 Å². The molecule has 0 aromatic heterocycles.